The molecule has 2 N–H and O–H groups in total. The lowest BCUT2D eigenvalue weighted by Gasteiger charge is -2.23. The zero-order valence-electron chi connectivity index (χ0n) is 10.7. The van der Waals surface area contributed by atoms with Crippen molar-refractivity contribution in [1.82, 2.24) is 5.32 Å². The van der Waals surface area contributed by atoms with E-state index in [2.05, 4.69) is 5.32 Å². The molecule has 1 heterocycles. The second kappa shape index (κ2) is 5.21. The number of nitrogens with one attached hydrogen (secondary N) is 1. The molecule has 0 spiro atoms. The zero-order chi connectivity index (χ0) is 14.0. The summed E-state index contributed by atoms with van der Waals surface area (Å²) in [6.07, 6.45) is 0.901. The van der Waals surface area contributed by atoms with Gasteiger partial charge in [-0.2, -0.15) is 0 Å². The van der Waals surface area contributed by atoms with Gasteiger partial charge in [-0.05, 0) is 37.5 Å². The van der Waals surface area contributed by atoms with Gasteiger partial charge in [-0.25, -0.2) is 8.42 Å². The molecule has 0 unspecified atom stereocenters. The molecule has 5 nitrogen and oxygen atoms in total. The summed E-state index contributed by atoms with van der Waals surface area (Å²) in [6, 6.07) is 4.63. The van der Waals surface area contributed by atoms with Crippen molar-refractivity contribution >= 4 is 15.7 Å². The Morgan fingerprint density at radius 1 is 1.32 bits per heavy atom. The lowest BCUT2D eigenvalue weighted by atomic mass is 10.1. The van der Waals surface area contributed by atoms with Crippen LogP contribution in [0.4, 0.5) is 0 Å². The van der Waals surface area contributed by atoms with Crippen LogP contribution in [0.5, 0.6) is 5.75 Å². The number of amides is 1. The van der Waals surface area contributed by atoms with Gasteiger partial charge >= 0.3 is 0 Å². The number of aryl methyl sites for hydroxylation is 1. The highest BCUT2D eigenvalue weighted by molar-refractivity contribution is 7.91. The van der Waals surface area contributed by atoms with E-state index in [1.54, 1.807) is 19.1 Å². The van der Waals surface area contributed by atoms with Crippen LogP contribution in [0, 0.1) is 6.92 Å². The standard InChI is InChI=1S/C13H17NO4S/c1-9-2-3-10(8-12(9)15)13(16)14-11-4-6-19(17,18)7-5-11/h2-3,8,11,15H,4-7H2,1H3,(H,14,16). The highest BCUT2D eigenvalue weighted by atomic mass is 32.2. The minimum absolute atomic E-state index is 0.0823. The summed E-state index contributed by atoms with van der Waals surface area (Å²) in [4.78, 5) is 12.0. The molecular formula is C13H17NO4S. The third kappa shape index (κ3) is 3.47. The van der Waals surface area contributed by atoms with Crippen molar-refractivity contribution < 1.29 is 18.3 Å². The summed E-state index contributed by atoms with van der Waals surface area (Å²) >= 11 is 0. The Labute approximate surface area is 112 Å². The SMILES string of the molecule is Cc1ccc(C(=O)NC2CCS(=O)(=O)CC2)cc1O. The first kappa shape index (κ1) is 13.9. The Hall–Kier alpha value is -1.56. The first-order chi connectivity index (χ1) is 8.87. The zero-order valence-corrected chi connectivity index (χ0v) is 11.5. The topological polar surface area (TPSA) is 83.5 Å². The number of carbonyl (C=O) groups is 1. The molecule has 1 fully saturated rings. The molecule has 104 valence electrons. The average molecular weight is 283 g/mol. The van der Waals surface area contributed by atoms with Crippen molar-refractivity contribution in [1.29, 1.82) is 0 Å². The van der Waals surface area contributed by atoms with E-state index in [-0.39, 0.29) is 29.2 Å². The summed E-state index contributed by atoms with van der Waals surface area (Å²) in [5.74, 6) is 0.0484. The molecule has 0 bridgehead atoms. The van der Waals surface area contributed by atoms with Gasteiger partial charge in [0.2, 0.25) is 0 Å². The number of aromatic hydroxyl groups is 1. The van der Waals surface area contributed by atoms with Gasteiger partial charge in [0.1, 0.15) is 15.6 Å². The molecule has 0 atom stereocenters. The first-order valence-corrected chi connectivity index (χ1v) is 8.00. The minimum atomic E-state index is -2.92. The number of rotatable bonds is 2. The lowest BCUT2D eigenvalue weighted by molar-refractivity contribution is 0.0934. The summed E-state index contributed by atoms with van der Waals surface area (Å²) in [7, 11) is -2.92. The maximum absolute atomic E-state index is 12.0. The molecule has 1 amide bonds. The normalized spacial score (nSPS) is 19.0. The van der Waals surface area contributed by atoms with E-state index in [0.29, 0.717) is 24.0 Å². The van der Waals surface area contributed by atoms with Crippen molar-refractivity contribution in [2.24, 2.45) is 0 Å². The fraction of sp³-hybridized carbons (Fsp3) is 0.462. The van der Waals surface area contributed by atoms with Crippen LogP contribution in [0.1, 0.15) is 28.8 Å². The number of hydrogen-bond acceptors (Lipinski definition) is 4. The number of carbonyl (C=O) groups excluding carboxylic acids is 1. The minimum Gasteiger partial charge on any atom is -0.508 e. The summed E-state index contributed by atoms with van der Waals surface area (Å²) in [5, 5.41) is 12.4. The monoisotopic (exact) mass is 283 g/mol. The molecule has 19 heavy (non-hydrogen) atoms. The smallest absolute Gasteiger partial charge is 0.251 e. The van der Waals surface area contributed by atoms with Gasteiger partial charge in [-0.1, -0.05) is 6.07 Å². The van der Waals surface area contributed by atoms with Crippen molar-refractivity contribution in [3.63, 3.8) is 0 Å². The van der Waals surface area contributed by atoms with Gasteiger partial charge in [0.05, 0.1) is 11.5 Å². The molecule has 1 saturated heterocycles. The van der Waals surface area contributed by atoms with Crippen LogP contribution < -0.4 is 5.32 Å². The van der Waals surface area contributed by atoms with Gasteiger partial charge in [0, 0.05) is 11.6 Å². The number of phenols is 1. The fourth-order valence-corrected chi connectivity index (χ4v) is 3.55. The van der Waals surface area contributed by atoms with E-state index >= 15 is 0 Å². The molecule has 0 aromatic heterocycles. The van der Waals surface area contributed by atoms with Gasteiger partial charge < -0.3 is 10.4 Å². The average Bonchev–Trinajstić information content (AvgIpc) is 2.35. The van der Waals surface area contributed by atoms with E-state index in [1.807, 2.05) is 0 Å². The summed E-state index contributed by atoms with van der Waals surface area (Å²) < 4.78 is 22.6. The van der Waals surface area contributed by atoms with Crippen molar-refractivity contribution in [2.45, 2.75) is 25.8 Å². The Kier molecular flexibility index (Phi) is 3.80. The van der Waals surface area contributed by atoms with Crippen molar-refractivity contribution in [3.8, 4) is 5.75 Å². The summed E-state index contributed by atoms with van der Waals surface area (Å²) in [6.45, 7) is 1.75. The van der Waals surface area contributed by atoms with Crippen LogP contribution in [0.2, 0.25) is 0 Å². The summed E-state index contributed by atoms with van der Waals surface area (Å²) in [5.41, 5.74) is 1.09. The Balaban J connectivity index is 2.00. The van der Waals surface area contributed by atoms with E-state index in [4.69, 9.17) is 0 Å². The second-order valence-electron chi connectivity index (χ2n) is 4.90. The van der Waals surface area contributed by atoms with E-state index < -0.39 is 9.84 Å². The van der Waals surface area contributed by atoms with Gasteiger partial charge in [0.25, 0.3) is 5.91 Å². The van der Waals surface area contributed by atoms with Crippen LogP contribution in [0.25, 0.3) is 0 Å². The van der Waals surface area contributed by atoms with Crippen LogP contribution in [-0.4, -0.2) is 37.0 Å². The fourth-order valence-electron chi connectivity index (χ4n) is 2.05. The number of sulfone groups is 1. The molecule has 1 aliphatic heterocycles. The Bertz CT molecular complexity index is 581. The molecule has 1 aromatic carbocycles. The van der Waals surface area contributed by atoms with Crippen molar-refractivity contribution in [2.75, 3.05) is 11.5 Å². The Morgan fingerprint density at radius 3 is 2.53 bits per heavy atom. The van der Waals surface area contributed by atoms with Crippen LogP contribution in [0.3, 0.4) is 0 Å². The van der Waals surface area contributed by atoms with Crippen LogP contribution in [0.15, 0.2) is 18.2 Å². The molecule has 0 radical (unpaired) electrons. The highest BCUT2D eigenvalue weighted by Crippen LogP contribution is 2.18. The molecule has 1 aromatic rings. The predicted molar refractivity (Wildman–Crippen MR) is 72.0 cm³/mol. The van der Waals surface area contributed by atoms with E-state index in [1.165, 1.54) is 6.07 Å². The second-order valence-corrected chi connectivity index (χ2v) is 7.20. The van der Waals surface area contributed by atoms with Crippen LogP contribution >= 0.6 is 0 Å². The maximum Gasteiger partial charge on any atom is 0.251 e. The molecule has 0 saturated carbocycles. The Morgan fingerprint density at radius 2 is 1.95 bits per heavy atom. The first-order valence-electron chi connectivity index (χ1n) is 6.18. The van der Waals surface area contributed by atoms with E-state index in [0.717, 1.165) is 0 Å². The highest BCUT2D eigenvalue weighted by Gasteiger charge is 2.24. The molecular weight excluding hydrogens is 266 g/mol. The quantitative estimate of drug-likeness (QED) is 0.848. The number of benzene rings is 1. The molecule has 2 rings (SSSR count). The van der Waals surface area contributed by atoms with Gasteiger partial charge in [0.15, 0.2) is 0 Å². The van der Waals surface area contributed by atoms with E-state index in [9.17, 15) is 18.3 Å². The van der Waals surface area contributed by atoms with Crippen LogP contribution in [-0.2, 0) is 9.84 Å². The largest absolute Gasteiger partial charge is 0.508 e. The van der Waals surface area contributed by atoms with Gasteiger partial charge in [-0.3, -0.25) is 4.79 Å². The molecule has 1 aliphatic rings. The molecule has 6 heteroatoms. The van der Waals surface area contributed by atoms with Crippen molar-refractivity contribution in [3.05, 3.63) is 29.3 Å². The number of phenolic OH excluding ortho intramolecular Hbond substituents is 1. The molecule has 0 aliphatic carbocycles. The van der Waals surface area contributed by atoms with Gasteiger partial charge in [-0.15, -0.1) is 0 Å². The lowest BCUT2D eigenvalue weighted by Crippen LogP contribution is -2.40. The predicted octanol–water partition coefficient (Wildman–Crippen LogP) is 1.01. The maximum atomic E-state index is 12.0. The number of hydrogen-bond donors (Lipinski definition) is 2. The third-order valence-corrected chi connectivity index (χ3v) is 5.08. The third-order valence-electron chi connectivity index (χ3n) is 3.36.